The second-order valence-corrected chi connectivity index (χ2v) is 8.19. The number of benzene rings is 2. The van der Waals surface area contributed by atoms with E-state index < -0.39 is 5.91 Å². The Hall–Kier alpha value is -3.52. The van der Waals surface area contributed by atoms with E-state index in [2.05, 4.69) is 10.6 Å². The van der Waals surface area contributed by atoms with E-state index in [1.54, 1.807) is 54.5 Å². The number of likely N-dealkylation sites (tertiary alicyclic amines) is 1. The molecule has 4 N–H and O–H groups in total. The van der Waals surface area contributed by atoms with E-state index >= 15 is 0 Å². The average molecular weight is 472 g/mol. The molecule has 0 spiro atoms. The summed E-state index contributed by atoms with van der Waals surface area (Å²) in [6, 6.07) is 9.73. The molecule has 0 unspecified atom stereocenters. The van der Waals surface area contributed by atoms with Crippen molar-refractivity contribution in [2.45, 2.75) is 26.4 Å². The van der Waals surface area contributed by atoms with Crippen LogP contribution in [0.3, 0.4) is 0 Å². The highest BCUT2D eigenvalue weighted by Gasteiger charge is 2.22. The van der Waals surface area contributed by atoms with Crippen LogP contribution in [0.4, 0.5) is 0 Å². The van der Waals surface area contributed by atoms with Crippen molar-refractivity contribution in [2.24, 2.45) is 0 Å². The maximum absolute atomic E-state index is 12.7. The lowest BCUT2D eigenvalue weighted by Gasteiger charge is -2.31. The van der Waals surface area contributed by atoms with Crippen molar-refractivity contribution in [1.82, 2.24) is 15.5 Å². The van der Waals surface area contributed by atoms with Crippen molar-refractivity contribution in [3.8, 4) is 17.2 Å². The van der Waals surface area contributed by atoms with Gasteiger partial charge in [0, 0.05) is 44.0 Å². The zero-order chi connectivity index (χ0) is 24.0. The first kappa shape index (κ1) is 24.1. The monoisotopic (exact) mass is 471 g/mol. The Morgan fingerprint density at radius 1 is 1.12 bits per heavy atom. The van der Waals surface area contributed by atoms with E-state index in [0.717, 1.165) is 19.5 Å². The summed E-state index contributed by atoms with van der Waals surface area (Å²) in [6.45, 7) is 5.28. The molecular weight excluding hydrogens is 444 g/mol. The minimum absolute atomic E-state index is 0.0536. The Morgan fingerprint density at radius 3 is 2.45 bits per heavy atom. The summed E-state index contributed by atoms with van der Waals surface area (Å²) in [5.74, 6) is 0.866. The van der Waals surface area contributed by atoms with Crippen LogP contribution in [0, 0.1) is 0 Å². The van der Waals surface area contributed by atoms with Crippen LogP contribution in [0.15, 0.2) is 48.7 Å². The fourth-order valence-electron chi connectivity index (χ4n) is 3.07. The highest BCUT2D eigenvalue weighted by atomic mass is 35.5. The summed E-state index contributed by atoms with van der Waals surface area (Å²) in [7, 11) is 1.72. The molecule has 0 saturated carbocycles. The molecule has 0 aliphatic carbocycles. The maximum Gasteiger partial charge on any atom is 0.339 e. The van der Waals surface area contributed by atoms with Gasteiger partial charge in [0.25, 0.3) is 11.7 Å². The van der Waals surface area contributed by atoms with Crippen LogP contribution in [0.1, 0.15) is 41.0 Å². The van der Waals surface area contributed by atoms with E-state index in [4.69, 9.17) is 26.5 Å². The van der Waals surface area contributed by atoms with Gasteiger partial charge in [0.05, 0.1) is 16.7 Å². The first-order chi connectivity index (χ1) is 15.8. The number of amidine groups is 1. The normalized spacial score (nSPS) is 12.9. The Morgan fingerprint density at radius 2 is 1.85 bits per heavy atom. The number of carbonyl (C=O) groups excluding carboxylic acids is 2. The molecule has 1 fully saturated rings. The minimum atomic E-state index is -0.422. The molecule has 0 atom stereocenters. The van der Waals surface area contributed by atoms with Gasteiger partial charge in [0.1, 0.15) is 17.2 Å². The van der Waals surface area contributed by atoms with Crippen LogP contribution in [-0.2, 0) is 0 Å². The Labute approximate surface area is 198 Å². The third-order valence-corrected chi connectivity index (χ3v) is 5.05. The number of amides is 2. The summed E-state index contributed by atoms with van der Waals surface area (Å²) in [6.07, 6.45) is 4.04. The van der Waals surface area contributed by atoms with Crippen molar-refractivity contribution in [3.63, 3.8) is 0 Å². The van der Waals surface area contributed by atoms with Gasteiger partial charge in [-0.2, -0.15) is 0 Å². The van der Waals surface area contributed by atoms with Crippen LogP contribution in [-0.4, -0.2) is 48.8 Å². The number of hydrogen-bond donors (Lipinski definition) is 3. The molecule has 1 saturated heterocycles. The van der Waals surface area contributed by atoms with Crippen molar-refractivity contribution in [1.29, 1.82) is 0 Å². The fraction of sp³-hybridized carbons (Fsp3) is 0.292. The molecule has 1 heterocycles. The molecule has 0 bridgehead atoms. The van der Waals surface area contributed by atoms with Crippen molar-refractivity contribution >= 4 is 29.3 Å². The van der Waals surface area contributed by atoms with Gasteiger partial charge in [-0.25, -0.2) is 10.1 Å². The van der Waals surface area contributed by atoms with Gasteiger partial charge < -0.3 is 19.7 Å². The highest BCUT2D eigenvalue weighted by Crippen LogP contribution is 2.33. The molecule has 1 aliphatic rings. The molecule has 2 amide bonds. The Kier molecular flexibility index (Phi) is 7.95. The van der Waals surface area contributed by atoms with Gasteiger partial charge in [-0.1, -0.05) is 11.6 Å². The number of carbonyl (C=O) groups is 2. The third-order valence-electron chi connectivity index (χ3n) is 4.75. The number of hydrogen-bond acceptors (Lipinski definition) is 5. The van der Waals surface area contributed by atoms with Crippen molar-refractivity contribution in [2.75, 3.05) is 20.1 Å². The molecule has 2 aromatic carbocycles. The first-order valence-corrected chi connectivity index (χ1v) is 11.0. The van der Waals surface area contributed by atoms with Crippen LogP contribution in [0.25, 0.3) is 0 Å². The fourth-order valence-corrected chi connectivity index (χ4v) is 3.28. The lowest BCUT2D eigenvalue weighted by Crippen LogP contribution is -2.49. The van der Waals surface area contributed by atoms with Crippen LogP contribution in [0.2, 0.25) is 5.02 Å². The van der Waals surface area contributed by atoms with E-state index in [9.17, 15) is 9.59 Å². The molecule has 8 nitrogen and oxygen atoms in total. The molecule has 1 aliphatic heterocycles. The van der Waals surface area contributed by atoms with Gasteiger partial charge >= 0.3 is 5.91 Å². The largest absolute Gasteiger partial charge is 0.491 e. The summed E-state index contributed by atoms with van der Waals surface area (Å²) >= 11 is 6.39. The van der Waals surface area contributed by atoms with Crippen molar-refractivity contribution in [3.05, 3.63) is 64.8 Å². The lowest BCUT2D eigenvalue weighted by atomic mass is 10.1. The predicted octanol–water partition coefficient (Wildman–Crippen LogP) is 2.39. The quantitative estimate of drug-likeness (QED) is 0.405. The zero-order valence-electron chi connectivity index (χ0n) is 18.9. The van der Waals surface area contributed by atoms with Gasteiger partial charge in [0.2, 0.25) is 0 Å². The molecule has 33 heavy (non-hydrogen) atoms. The molecule has 3 rings (SSSR count). The number of halogens is 1. The summed E-state index contributed by atoms with van der Waals surface area (Å²) in [4.78, 5) is 26.9. The Bertz CT molecular complexity index is 1080. The van der Waals surface area contributed by atoms with Gasteiger partial charge in [0.15, 0.2) is 0 Å². The van der Waals surface area contributed by atoms with Gasteiger partial charge in [-0.05, 0) is 50.6 Å². The molecule has 0 radical (unpaired) electrons. The van der Waals surface area contributed by atoms with Gasteiger partial charge in [-0.3, -0.25) is 10.2 Å². The number of rotatable bonds is 8. The number of nitrogens with one attached hydrogen (secondary N) is 2. The summed E-state index contributed by atoms with van der Waals surface area (Å²) in [5.41, 5.74) is 0.800. The van der Waals surface area contributed by atoms with Crippen LogP contribution in [0.5, 0.6) is 17.2 Å². The number of nitrogens with zero attached hydrogens (tertiary/aromatic N) is 1. The predicted molar refractivity (Wildman–Crippen MR) is 127 cm³/mol. The lowest BCUT2D eigenvalue weighted by molar-refractivity contribution is -0.115. The second kappa shape index (κ2) is 10.9. The summed E-state index contributed by atoms with van der Waals surface area (Å²) in [5, 5.41) is 11.5. The van der Waals surface area contributed by atoms with Crippen LogP contribution >= 0.6 is 11.6 Å². The number of nitrogens with two attached hydrogens (primary N) is 1. The van der Waals surface area contributed by atoms with E-state index in [1.807, 2.05) is 13.8 Å². The molecule has 2 aromatic rings. The topological polar surface area (TPSA) is 105 Å². The minimum Gasteiger partial charge on any atom is -0.491 e. The average Bonchev–Trinajstić information content (AvgIpc) is 2.71. The molecular formula is C24H28ClN4O4+. The SMILES string of the molecule is CN/C=C\C(=[NH2+])NC(=O)c1cc(Oc2ccc(C(=O)N3CCC3)cc2Cl)cc(OC(C)C)c1. The van der Waals surface area contributed by atoms with Crippen molar-refractivity contribution < 1.29 is 24.5 Å². The molecule has 9 heteroatoms. The molecule has 0 aromatic heterocycles. The zero-order valence-corrected chi connectivity index (χ0v) is 19.6. The third kappa shape index (κ3) is 6.49. The maximum atomic E-state index is 12.7. The standard InChI is InChI=1S/C24H27ClN4O4/c1-15(2)32-18-11-17(23(30)28-22(26)7-8-27-3)12-19(14-18)33-21-6-5-16(13-20(21)25)24(31)29-9-4-10-29/h5-8,11-15,27H,4,9-10H2,1-3H3,(H2,26,28,30)/p+1/b8-7-. The number of ether oxygens (including phenoxy) is 2. The highest BCUT2D eigenvalue weighted by molar-refractivity contribution is 6.32. The smallest absolute Gasteiger partial charge is 0.339 e. The van der Waals surface area contributed by atoms with Gasteiger partial charge in [-0.15, -0.1) is 0 Å². The second-order valence-electron chi connectivity index (χ2n) is 7.78. The molecule has 174 valence electrons. The summed E-state index contributed by atoms with van der Waals surface area (Å²) < 4.78 is 11.7. The van der Waals surface area contributed by atoms with E-state index in [-0.39, 0.29) is 22.9 Å². The Balaban J connectivity index is 1.83. The first-order valence-electron chi connectivity index (χ1n) is 10.6. The van der Waals surface area contributed by atoms with Crippen LogP contribution < -0.4 is 25.5 Å². The van der Waals surface area contributed by atoms with E-state index in [0.29, 0.717) is 28.4 Å². The van der Waals surface area contributed by atoms with E-state index in [1.165, 1.54) is 6.08 Å².